The molecule has 6 heteroatoms. The van der Waals surface area contributed by atoms with Crippen LogP contribution in [-0.4, -0.2) is 29.0 Å². The summed E-state index contributed by atoms with van der Waals surface area (Å²) >= 11 is 0. The topological polar surface area (TPSA) is 74.3 Å². The van der Waals surface area contributed by atoms with Crippen LogP contribution < -0.4 is 5.73 Å². The second-order valence-electron chi connectivity index (χ2n) is 6.13. The monoisotopic (exact) mass is 354 g/mol. The van der Waals surface area contributed by atoms with E-state index in [9.17, 15) is 14.0 Å². The molecule has 3 rings (SSSR count). The van der Waals surface area contributed by atoms with Crippen LogP contribution in [0.25, 0.3) is 10.9 Å². The Morgan fingerprint density at radius 1 is 1.15 bits per heavy atom. The smallest absolute Gasteiger partial charge is 0.323 e. The molecule has 0 aliphatic rings. The zero-order chi connectivity index (χ0) is 18.7. The number of para-hydroxylation sites is 1. The van der Waals surface area contributed by atoms with Crippen molar-refractivity contribution in [3.63, 3.8) is 0 Å². The molecule has 1 aromatic heterocycles. The number of carbonyl (C=O) groups excluding carboxylic acids is 2. The summed E-state index contributed by atoms with van der Waals surface area (Å²) in [6.45, 7) is -0.423. The van der Waals surface area contributed by atoms with Gasteiger partial charge in [-0.2, -0.15) is 0 Å². The Kier molecular flexibility index (Phi) is 5.14. The number of aryl methyl sites for hydroxylation is 1. The molecule has 0 bridgehead atoms. The highest BCUT2D eigenvalue weighted by Gasteiger charge is 2.19. The maximum absolute atomic E-state index is 12.9. The number of fused-ring (bicyclic) bond motifs is 1. The first-order valence-corrected chi connectivity index (χ1v) is 8.19. The average molecular weight is 354 g/mol. The van der Waals surface area contributed by atoms with Gasteiger partial charge in [0.1, 0.15) is 11.9 Å². The minimum absolute atomic E-state index is 0.279. The summed E-state index contributed by atoms with van der Waals surface area (Å²) in [4.78, 5) is 24.1. The molecule has 3 aromatic rings. The number of hydrogen-bond donors (Lipinski definition) is 1. The number of Topliss-reactive ketones (excluding diaryl/α,β-unsaturated/α-hetero) is 1. The summed E-state index contributed by atoms with van der Waals surface area (Å²) in [6, 6.07) is 12.0. The molecule has 1 heterocycles. The molecular weight excluding hydrogens is 335 g/mol. The largest absolute Gasteiger partial charge is 0.456 e. The molecule has 0 saturated carbocycles. The third kappa shape index (κ3) is 3.81. The second kappa shape index (κ2) is 7.49. The Morgan fingerprint density at radius 2 is 1.85 bits per heavy atom. The van der Waals surface area contributed by atoms with Crippen molar-refractivity contribution in [1.82, 2.24) is 4.57 Å². The minimum Gasteiger partial charge on any atom is -0.456 e. The van der Waals surface area contributed by atoms with Gasteiger partial charge >= 0.3 is 5.97 Å². The molecule has 0 fully saturated rings. The Hall–Kier alpha value is -2.99. The van der Waals surface area contributed by atoms with Gasteiger partial charge in [0.2, 0.25) is 0 Å². The van der Waals surface area contributed by atoms with Crippen LogP contribution in [0.2, 0.25) is 0 Å². The Bertz CT molecular complexity index is 947. The van der Waals surface area contributed by atoms with Crippen LogP contribution in [0.15, 0.2) is 54.7 Å². The number of ether oxygens (including phenoxy) is 1. The van der Waals surface area contributed by atoms with Crippen LogP contribution >= 0.6 is 0 Å². The number of benzene rings is 2. The highest BCUT2D eigenvalue weighted by Crippen LogP contribution is 2.21. The normalized spacial score (nSPS) is 12.1. The first-order valence-electron chi connectivity index (χ1n) is 8.19. The fourth-order valence-electron chi connectivity index (χ4n) is 2.87. The number of esters is 1. The fourth-order valence-corrected chi connectivity index (χ4v) is 2.87. The molecule has 0 saturated heterocycles. The molecule has 26 heavy (non-hydrogen) atoms. The molecular formula is C20H19FN2O3. The summed E-state index contributed by atoms with van der Waals surface area (Å²) in [7, 11) is 1.93. The molecule has 0 amide bonds. The zero-order valence-corrected chi connectivity index (χ0v) is 14.3. The third-order valence-corrected chi connectivity index (χ3v) is 4.23. The van der Waals surface area contributed by atoms with E-state index < -0.39 is 30.2 Å². The number of carbonyl (C=O) groups is 2. The van der Waals surface area contributed by atoms with Crippen molar-refractivity contribution in [2.75, 3.05) is 6.61 Å². The van der Waals surface area contributed by atoms with E-state index in [1.165, 1.54) is 24.3 Å². The van der Waals surface area contributed by atoms with Crippen molar-refractivity contribution >= 4 is 22.7 Å². The van der Waals surface area contributed by atoms with Crippen LogP contribution in [0.1, 0.15) is 15.9 Å². The highest BCUT2D eigenvalue weighted by molar-refractivity contribution is 5.98. The summed E-state index contributed by atoms with van der Waals surface area (Å²) in [5.41, 5.74) is 8.22. The molecule has 0 aliphatic heterocycles. The molecule has 0 aliphatic carbocycles. The third-order valence-electron chi connectivity index (χ3n) is 4.23. The molecule has 5 nitrogen and oxygen atoms in total. The van der Waals surface area contributed by atoms with Crippen molar-refractivity contribution in [3.05, 3.63) is 71.7 Å². The summed E-state index contributed by atoms with van der Waals surface area (Å²) in [5.74, 6) is -1.49. The average Bonchev–Trinajstić information content (AvgIpc) is 2.96. The molecule has 2 aromatic carbocycles. The fraction of sp³-hybridized carbons (Fsp3) is 0.200. The van der Waals surface area contributed by atoms with Gasteiger partial charge in [0.05, 0.1) is 0 Å². The van der Waals surface area contributed by atoms with Crippen molar-refractivity contribution < 1.29 is 18.7 Å². The Labute approximate surface area is 150 Å². The van der Waals surface area contributed by atoms with E-state index in [0.29, 0.717) is 6.42 Å². The van der Waals surface area contributed by atoms with Gasteiger partial charge in [-0.1, -0.05) is 18.2 Å². The molecule has 0 unspecified atom stereocenters. The number of ketones is 1. The van der Waals surface area contributed by atoms with Gasteiger partial charge < -0.3 is 15.0 Å². The predicted octanol–water partition coefficient (Wildman–Crippen LogP) is 2.61. The molecule has 2 N–H and O–H groups in total. The van der Waals surface area contributed by atoms with E-state index in [1.54, 1.807) is 0 Å². The summed E-state index contributed by atoms with van der Waals surface area (Å²) in [5, 5.41) is 1.03. The van der Waals surface area contributed by atoms with Crippen LogP contribution in [0, 0.1) is 5.82 Å². The predicted molar refractivity (Wildman–Crippen MR) is 96.3 cm³/mol. The van der Waals surface area contributed by atoms with Gasteiger partial charge in [-0.3, -0.25) is 9.59 Å². The number of aromatic nitrogens is 1. The summed E-state index contributed by atoms with van der Waals surface area (Å²) < 4.78 is 19.9. The quantitative estimate of drug-likeness (QED) is 0.545. The number of rotatable bonds is 6. The van der Waals surface area contributed by atoms with Crippen LogP contribution in [0.3, 0.4) is 0 Å². The lowest BCUT2D eigenvalue weighted by atomic mass is 10.1. The maximum atomic E-state index is 12.9. The first kappa shape index (κ1) is 17.8. The van der Waals surface area contributed by atoms with Gasteiger partial charge in [-0.25, -0.2) is 4.39 Å². The zero-order valence-electron chi connectivity index (χ0n) is 14.3. The Balaban J connectivity index is 1.61. The second-order valence-corrected chi connectivity index (χ2v) is 6.13. The van der Waals surface area contributed by atoms with Gasteiger partial charge in [0.15, 0.2) is 12.4 Å². The van der Waals surface area contributed by atoms with Crippen LogP contribution in [-0.2, 0) is 23.0 Å². The number of nitrogens with two attached hydrogens (primary N) is 1. The van der Waals surface area contributed by atoms with Crippen molar-refractivity contribution in [3.8, 4) is 0 Å². The SMILES string of the molecule is Cn1cc(C[C@@H](N)C(=O)OCC(=O)c2ccc(F)cc2)c2ccccc21. The van der Waals surface area contributed by atoms with Gasteiger partial charge in [-0.05, 0) is 35.9 Å². The van der Waals surface area contributed by atoms with Gasteiger partial charge in [0, 0.05) is 36.1 Å². The molecule has 0 radical (unpaired) electrons. The number of nitrogens with zero attached hydrogens (tertiary/aromatic N) is 1. The Morgan fingerprint density at radius 3 is 2.58 bits per heavy atom. The van der Waals surface area contributed by atoms with E-state index in [-0.39, 0.29) is 5.56 Å². The lowest BCUT2D eigenvalue weighted by molar-refractivity contribution is -0.144. The van der Waals surface area contributed by atoms with E-state index in [0.717, 1.165) is 16.5 Å². The maximum Gasteiger partial charge on any atom is 0.323 e. The molecule has 1 atom stereocenters. The number of halogens is 1. The summed E-state index contributed by atoms with van der Waals surface area (Å²) in [6.07, 6.45) is 2.24. The van der Waals surface area contributed by atoms with Crippen LogP contribution in [0.4, 0.5) is 4.39 Å². The standard InChI is InChI=1S/C20H19FN2O3/c1-23-11-14(16-4-2-3-5-18(16)23)10-17(22)20(25)26-12-19(24)13-6-8-15(21)9-7-13/h2-9,11,17H,10,12,22H2,1H3/t17-/m1/s1. The van der Waals surface area contributed by atoms with E-state index in [1.807, 2.05) is 42.1 Å². The minimum atomic E-state index is -0.873. The van der Waals surface area contributed by atoms with Gasteiger partial charge in [0.25, 0.3) is 0 Å². The van der Waals surface area contributed by atoms with Gasteiger partial charge in [-0.15, -0.1) is 0 Å². The van der Waals surface area contributed by atoms with E-state index >= 15 is 0 Å². The number of hydrogen-bond acceptors (Lipinski definition) is 4. The van der Waals surface area contributed by atoms with E-state index in [4.69, 9.17) is 10.5 Å². The molecule has 134 valence electrons. The lowest BCUT2D eigenvalue weighted by Gasteiger charge is -2.11. The van der Waals surface area contributed by atoms with Crippen molar-refractivity contribution in [1.29, 1.82) is 0 Å². The van der Waals surface area contributed by atoms with Crippen LogP contribution in [0.5, 0.6) is 0 Å². The first-order chi connectivity index (χ1) is 12.5. The highest BCUT2D eigenvalue weighted by atomic mass is 19.1. The van der Waals surface area contributed by atoms with Crippen molar-refractivity contribution in [2.24, 2.45) is 12.8 Å². The molecule has 0 spiro atoms. The lowest BCUT2D eigenvalue weighted by Crippen LogP contribution is -2.35. The van der Waals surface area contributed by atoms with Crippen molar-refractivity contribution in [2.45, 2.75) is 12.5 Å². The van der Waals surface area contributed by atoms with E-state index in [2.05, 4.69) is 0 Å².